The van der Waals surface area contributed by atoms with E-state index in [9.17, 15) is 12.8 Å². The molecule has 0 spiro atoms. The minimum absolute atomic E-state index is 0. The molecule has 0 bridgehead atoms. The van der Waals surface area contributed by atoms with E-state index in [4.69, 9.17) is 5.73 Å². The van der Waals surface area contributed by atoms with Crippen molar-refractivity contribution in [2.75, 3.05) is 25.4 Å². The van der Waals surface area contributed by atoms with E-state index in [0.717, 1.165) is 31.6 Å². The van der Waals surface area contributed by atoms with Crippen LogP contribution < -0.4 is 5.73 Å². The third kappa shape index (κ3) is 5.91. The molecule has 1 aromatic rings. The molecule has 1 fully saturated rings. The molecule has 1 unspecified atom stereocenters. The second-order valence-electron chi connectivity index (χ2n) is 5.71. The topological polar surface area (TPSA) is 75.8 Å². The Balaban J connectivity index is 0.00000264. The molecule has 0 amide bonds. The van der Waals surface area contributed by atoms with Crippen molar-refractivity contribution in [2.24, 2.45) is 16.6 Å². The smallest absolute Gasteiger partial charge is 0.191 e. The van der Waals surface area contributed by atoms with Crippen molar-refractivity contribution in [3.8, 4) is 0 Å². The average Bonchev–Trinajstić information content (AvgIpc) is 2.47. The van der Waals surface area contributed by atoms with Crippen LogP contribution in [0.3, 0.4) is 0 Å². The molecule has 1 aliphatic rings. The van der Waals surface area contributed by atoms with Crippen LogP contribution in [0, 0.1) is 11.7 Å². The van der Waals surface area contributed by atoms with Gasteiger partial charge in [-0.3, -0.25) is 4.99 Å². The van der Waals surface area contributed by atoms with Crippen molar-refractivity contribution < 1.29 is 12.8 Å². The van der Waals surface area contributed by atoms with Gasteiger partial charge >= 0.3 is 0 Å². The molecule has 130 valence electrons. The van der Waals surface area contributed by atoms with Crippen molar-refractivity contribution in [2.45, 2.75) is 24.7 Å². The predicted molar refractivity (Wildman–Crippen MR) is 100 cm³/mol. The maximum Gasteiger partial charge on any atom is 0.191 e. The number of likely N-dealkylation sites (tertiary alicyclic amines) is 1. The molecule has 1 aliphatic heterocycles. The highest BCUT2D eigenvalue weighted by Gasteiger charge is 2.18. The molecule has 1 saturated heterocycles. The fourth-order valence-electron chi connectivity index (χ4n) is 2.54. The number of guanidine groups is 1. The van der Waals surface area contributed by atoms with Gasteiger partial charge in [0.05, 0.1) is 17.2 Å². The lowest BCUT2D eigenvalue weighted by Crippen LogP contribution is -2.43. The minimum Gasteiger partial charge on any atom is -0.370 e. The summed E-state index contributed by atoms with van der Waals surface area (Å²) in [6.07, 6.45) is 2.26. The quantitative estimate of drug-likeness (QED) is 0.327. The second kappa shape index (κ2) is 8.81. The van der Waals surface area contributed by atoms with E-state index in [1.54, 1.807) is 0 Å². The Bertz CT molecular complexity index is 635. The van der Waals surface area contributed by atoms with Gasteiger partial charge in [-0.05, 0) is 43.0 Å². The molecule has 0 saturated carbocycles. The zero-order valence-electron chi connectivity index (χ0n) is 13.1. The van der Waals surface area contributed by atoms with E-state index in [0.29, 0.717) is 11.9 Å². The van der Waals surface area contributed by atoms with Crippen LogP contribution in [0.15, 0.2) is 34.2 Å². The lowest BCUT2D eigenvalue weighted by molar-refractivity contribution is 0.270. The molecular formula is C15H23FIN3O2S. The van der Waals surface area contributed by atoms with E-state index in [1.165, 1.54) is 18.6 Å². The van der Waals surface area contributed by atoms with Crippen molar-refractivity contribution in [3.63, 3.8) is 0 Å². The van der Waals surface area contributed by atoms with Crippen LogP contribution in [0.1, 0.15) is 19.8 Å². The molecule has 0 aromatic heterocycles. The van der Waals surface area contributed by atoms with E-state index < -0.39 is 15.7 Å². The molecule has 0 aliphatic carbocycles. The van der Waals surface area contributed by atoms with E-state index in [-0.39, 0.29) is 41.2 Å². The molecule has 8 heteroatoms. The molecule has 5 nitrogen and oxygen atoms in total. The van der Waals surface area contributed by atoms with Crippen molar-refractivity contribution in [3.05, 3.63) is 30.1 Å². The summed E-state index contributed by atoms with van der Waals surface area (Å²) >= 11 is 0. The number of nitrogens with two attached hydrogens (primary N) is 1. The number of rotatable bonds is 4. The van der Waals surface area contributed by atoms with Crippen molar-refractivity contribution in [1.29, 1.82) is 0 Å². The summed E-state index contributed by atoms with van der Waals surface area (Å²) in [7, 11) is -3.46. The molecule has 1 aromatic carbocycles. The summed E-state index contributed by atoms with van der Waals surface area (Å²) in [5, 5.41) is 0. The zero-order chi connectivity index (χ0) is 16.2. The van der Waals surface area contributed by atoms with Crippen LogP contribution in [-0.2, 0) is 9.84 Å². The molecule has 1 heterocycles. The van der Waals surface area contributed by atoms with E-state index in [2.05, 4.69) is 11.9 Å². The first-order valence-corrected chi connectivity index (χ1v) is 9.07. The SMILES string of the molecule is CC1CCCN(C(N)=NCCS(=O)(=O)c2ccc(F)cc2)C1.I. The van der Waals surface area contributed by atoms with Gasteiger partial charge < -0.3 is 10.6 Å². The highest BCUT2D eigenvalue weighted by atomic mass is 127. The molecule has 1 atom stereocenters. The van der Waals surface area contributed by atoms with Crippen molar-refractivity contribution in [1.82, 2.24) is 4.90 Å². The van der Waals surface area contributed by atoms with Crippen LogP contribution >= 0.6 is 24.0 Å². The zero-order valence-corrected chi connectivity index (χ0v) is 16.3. The number of benzene rings is 1. The Morgan fingerprint density at radius 1 is 1.39 bits per heavy atom. The Kier molecular flexibility index (Phi) is 7.72. The van der Waals surface area contributed by atoms with Gasteiger partial charge in [-0.2, -0.15) is 0 Å². The first-order valence-electron chi connectivity index (χ1n) is 7.41. The van der Waals surface area contributed by atoms with Crippen LogP contribution in [0.4, 0.5) is 4.39 Å². The number of hydrogen-bond acceptors (Lipinski definition) is 3. The van der Waals surface area contributed by atoms with E-state index >= 15 is 0 Å². The number of piperidine rings is 1. The summed E-state index contributed by atoms with van der Waals surface area (Å²) in [6.45, 7) is 4.00. The summed E-state index contributed by atoms with van der Waals surface area (Å²) < 4.78 is 37.0. The monoisotopic (exact) mass is 455 g/mol. The Morgan fingerprint density at radius 2 is 2.04 bits per heavy atom. The Morgan fingerprint density at radius 3 is 2.65 bits per heavy atom. The normalized spacial score (nSPS) is 19.3. The predicted octanol–water partition coefficient (Wildman–Crippen LogP) is 2.26. The second-order valence-corrected chi connectivity index (χ2v) is 7.82. The van der Waals surface area contributed by atoms with Crippen LogP contribution in [0.2, 0.25) is 0 Å². The van der Waals surface area contributed by atoms with Crippen LogP contribution in [-0.4, -0.2) is 44.7 Å². The molecule has 0 radical (unpaired) electrons. The molecule has 23 heavy (non-hydrogen) atoms. The van der Waals surface area contributed by atoms with Crippen molar-refractivity contribution >= 4 is 39.8 Å². The standard InChI is InChI=1S/C15H22FN3O2S.HI/c1-12-3-2-9-19(11-12)15(17)18-8-10-22(20,21)14-6-4-13(16)5-7-14;/h4-7,12H,2-3,8-11H2,1H3,(H2,17,18);1H. The fourth-order valence-corrected chi connectivity index (χ4v) is 3.66. The number of aliphatic imine (C=N–C) groups is 1. The summed E-state index contributed by atoms with van der Waals surface area (Å²) in [5.41, 5.74) is 5.93. The lowest BCUT2D eigenvalue weighted by atomic mass is 10.0. The number of halogens is 2. The molecule has 2 N–H and O–H groups in total. The van der Waals surface area contributed by atoms with Gasteiger partial charge in [0.15, 0.2) is 15.8 Å². The fraction of sp³-hybridized carbons (Fsp3) is 0.533. The lowest BCUT2D eigenvalue weighted by Gasteiger charge is -2.31. The third-order valence-electron chi connectivity index (χ3n) is 3.79. The summed E-state index contributed by atoms with van der Waals surface area (Å²) in [6, 6.07) is 4.81. The highest BCUT2D eigenvalue weighted by Crippen LogP contribution is 2.15. The largest absolute Gasteiger partial charge is 0.370 e. The number of nitrogens with zero attached hydrogens (tertiary/aromatic N) is 2. The maximum absolute atomic E-state index is 12.8. The average molecular weight is 455 g/mol. The summed E-state index contributed by atoms with van der Waals surface area (Å²) in [5.74, 6) is 0.384. The molecular weight excluding hydrogens is 432 g/mol. The van der Waals surface area contributed by atoms with Gasteiger partial charge in [-0.25, -0.2) is 12.8 Å². The number of sulfone groups is 1. The maximum atomic E-state index is 12.8. The van der Waals surface area contributed by atoms with Gasteiger partial charge in [0.25, 0.3) is 0 Å². The Labute approximate surface area is 154 Å². The first-order chi connectivity index (χ1) is 10.4. The van der Waals surface area contributed by atoms with Crippen LogP contribution in [0.5, 0.6) is 0 Å². The minimum atomic E-state index is -3.46. The van der Waals surface area contributed by atoms with Gasteiger partial charge in [0, 0.05) is 13.1 Å². The van der Waals surface area contributed by atoms with E-state index in [1.807, 2.05) is 4.90 Å². The van der Waals surface area contributed by atoms with Gasteiger partial charge in [0.1, 0.15) is 5.82 Å². The van der Waals surface area contributed by atoms with Crippen LogP contribution in [0.25, 0.3) is 0 Å². The Hall–Kier alpha value is -0.900. The van der Waals surface area contributed by atoms with Gasteiger partial charge in [0.2, 0.25) is 0 Å². The summed E-state index contributed by atoms with van der Waals surface area (Å²) in [4.78, 5) is 6.28. The third-order valence-corrected chi connectivity index (χ3v) is 5.50. The molecule has 2 rings (SSSR count). The first kappa shape index (κ1) is 20.1. The van der Waals surface area contributed by atoms with Gasteiger partial charge in [-0.1, -0.05) is 6.92 Å². The number of hydrogen-bond donors (Lipinski definition) is 1. The van der Waals surface area contributed by atoms with Gasteiger partial charge in [-0.15, -0.1) is 24.0 Å². The highest BCUT2D eigenvalue weighted by molar-refractivity contribution is 14.0.